The molecule has 4 rings (SSSR count). The Morgan fingerprint density at radius 1 is 1.23 bits per heavy atom. The SMILES string of the molecule is Cc1ccc(NC(=O)c2cn3c4c(cc(Br)cc4c2=O)C[C@H]3C)c(C)c1. The van der Waals surface area contributed by atoms with Crippen molar-refractivity contribution >= 4 is 38.4 Å². The molecule has 1 amide bonds. The molecular formula is C21H19BrN2O2. The number of carbonyl (C=O) groups is 1. The standard InChI is InChI=1S/C21H19BrN2O2/c1-11-4-5-18(12(2)6-11)23-21(26)17-10-24-13(3)7-14-8-15(22)9-16(19(14)24)20(17)25/h4-6,8-10,13H,7H2,1-3H3,(H,23,26)/t13-/m1/s1. The van der Waals surface area contributed by atoms with Crippen molar-refractivity contribution in [1.82, 2.24) is 4.57 Å². The van der Waals surface area contributed by atoms with E-state index in [1.54, 1.807) is 6.20 Å². The molecule has 1 aliphatic heterocycles. The van der Waals surface area contributed by atoms with Crippen LogP contribution in [0.5, 0.6) is 0 Å². The van der Waals surface area contributed by atoms with Crippen LogP contribution in [-0.2, 0) is 6.42 Å². The van der Waals surface area contributed by atoms with Gasteiger partial charge in [-0.2, -0.15) is 0 Å². The van der Waals surface area contributed by atoms with Crippen LogP contribution < -0.4 is 10.7 Å². The third-order valence-corrected chi connectivity index (χ3v) is 5.49. The summed E-state index contributed by atoms with van der Waals surface area (Å²) in [5.41, 5.74) is 4.86. The van der Waals surface area contributed by atoms with Crippen molar-refractivity contribution in [3.8, 4) is 0 Å². The van der Waals surface area contributed by atoms with Crippen LogP contribution in [0.1, 0.15) is 40.0 Å². The van der Waals surface area contributed by atoms with Crippen molar-refractivity contribution in [1.29, 1.82) is 0 Å². The van der Waals surface area contributed by atoms with Gasteiger partial charge in [-0.1, -0.05) is 33.6 Å². The highest BCUT2D eigenvalue weighted by molar-refractivity contribution is 9.10. The van der Waals surface area contributed by atoms with E-state index in [0.717, 1.165) is 38.8 Å². The number of aryl methyl sites for hydroxylation is 2. The number of benzene rings is 2. The molecule has 0 radical (unpaired) electrons. The minimum absolute atomic E-state index is 0.176. The summed E-state index contributed by atoms with van der Waals surface area (Å²) in [7, 11) is 0. The summed E-state index contributed by atoms with van der Waals surface area (Å²) in [5, 5.41) is 3.48. The van der Waals surface area contributed by atoms with Crippen molar-refractivity contribution in [3.63, 3.8) is 0 Å². The quantitative estimate of drug-likeness (QED) is 0.662. The van der Waals surface area contributed by atoms with Gasteiger partial charge in [0, 0.05) is 27.8 Å². The predicted molar refractivity (Wildman–Crippen MR) is 108 cm³/mol. The van der Waals surface area contributed by atoms with Crippen LogP contribution in [0.25, 0.3) is 10.9 Å². The van der Waals surface area contributed by atoms with Crippen LogP contribution in [0.15, 0.2) is 45.8 Å². The van der Waals surface area contributed by atoms with Crippen LogP contribution in [0.2, 0.25) is 0 Å². The second kappa shape index (κ2) is 6.09. The van der Waals surface area contributed by atoms with Crippen LogP contribution in [-0.4, -0.2) is 10.5 Å². The molecule has 1 atom stereocenters. The molecule has 4 nitrogen and oxygen atoms in total. The molecule has 2 heterocycles. The summed E-state index contributed by atoms with van der Waals surface area (Å²) in [6, 6.07) is 9.91. The molecule has 1 aromatic heterocycles. The smallest absolute Gasteiger partial charge is 0.261 e. The topological polar surface area (TPSA) is 51.1 Å². The summed E-state index contributed by atoms with van der Waals surface area (Å²) in [6.45, 7) is 6.05. The Labute approximate surface area is 160 Å². The first-order valence-corrected chi connectivity index (χ1v) is 9.40. The van der Waals surface area contributed by atoms with Crippen LogP contribution in [0.4, 0.5) is 5.69 Å². The van der Waals surface area contributed by atoms with Crippen molar-refractivity contribution < 1.29 is 4.79 Å². The number of amides is 1. The summed E-state index contributed by atoms with van der Waals surface area (Å²) in [5.74, 6) is -0.367. The minimum atomic E-state index is -0.367. The Kier molecular flexibility index (Phi) is 3.99. The normalized spacial score (nSPS) is 15.5. The zero-order chi connectivity index (χ0) is 18.6. The van der Waals surface area contributed by atoms with E-state index in [9.17, 15) is 9.59 Å². The summed E-state index contributed by atoms with van der Waals surface area (Å²) in [4.78, 5) is 25.9. The lowest BCUT2D eigenvalue weighted by Gasteiger charge is -2.14. The molecule has 26 heavy (non-hydrogen) atoms. The van der Waals surface area contributed by atoms with Gasteiger partial charge in [-0.3, -0.25) is 9.59 Å². The van der Waals surface area contributed by atoms with E-state index >= 15 is 0 Å². The largest absolute Gasteiger partial charge is 0.343 e. The van der Waals surface area contributed by atoms with E-state index in [2.05, 4.69) is 38.8 Å². The molecule has 1 aliphatic rings. The Hall–Kier alpha value is -2.40. The van der Waals surface area contributed by atoms with Crippen LogP contribution in [0.3, 0.4) is 0 Å². The van der Waals surface area contributed by atoms with E-state index in [0.29, 0.717) is 5.39 Å². The van der Waals surface area contributed by atoms with E-state index in [1.165, 1.54) is 0 Å². The molecule has 5 heteroatoms. The summed E-state index contributed by atoms with van der Waals surface area (Å²) >= 11 is 3.48. The Bertz CT molecular complexity index is 1130. The first-order valence-electron chi connectivity index (χ1n) is 8.61. The highest BCUT2D eigenvalue weighted by Crippen LogP contribution is 2.33. The van der Waals surface area contributed by atoms with Gasteiger partial charge >= 0.3 is 0 Å². The lowest BCUT2D eigenvalue weighted by atomic mass is 10.1. The first-order chi connectivity index (χ1) is 12.3. The highest BCUT2D eigenvalue weighted by atomic mass is 79.9. The molecule has 3 aromatic rings. The van der Waals surface area contributed by atoms with Crippen molar-refractivity contribution in [2.24, 2.45) is 0 Å². The molecule has 132 valence electrons. The van der Waals surface area contributed by atoms with Gasteiger partial charge in [0.15, 0.2) is 0 Å². The zero-order valence-corrected chi connectivity index (χ0v) is 16.5. The number of rotatable bonds is 2. The maximum atomic E-state index is 13.0. The van der Waals surface area contributed by atoms with Gasteiger partial charge in [-0.15, -0.1) is 0 Å². The van der Waals surface area contributed by atoms with E-state index < -0.39 is 0 Å². The molecule has 0 aliphatic carbocycles. The van der Waals surface area contributed by atoms with Gasteiger partial charge in [0.1, 0.15) is 5.56 Å². The number of nitrogens with one attached hydrogen (secondary N) is 1. The average Bonchev–Trinajstić information content (AvgIpc) is 2.88. The van der Waals surface area contributed by atoms with Gasteiger partial charge < -0.3 is 9.88 Å². The number of hydrogen-bond acceptors (Lipinski definition) is 2. The second-order valence-electron chi connectivity index (χ2n) is 7.07. The Morgan fingerprint density at radius 3 is 2.73 bits per heavy atom. The fourth-order valence-corrected chi connectivity index (χ4v) is 4.27. The summed E-state index contributed by atoms with van der Waals surface area (Å²) in [6.07, 6.45) is 2.57. The van der Waals surface area contributed by atoms with Crippen molar-refractivity contribution in [3.05, 3.63) is 73.5 Å². The lowest BCUT2D eigenvalue weighted by Crippen LogP contribution is -2.24. The third-order valence-electron chi connectivity index (χ3n) is 5.03. The first kappa shape index (κ1) is 17.0. The molecule has 0 saturated carbocycles. The fourth-order valence-electron chi connectivity index (χ4n) is 3.77. The lowest BCUT2D eigenvalue weighted by molar-refractivity contribution is 0.102. The van der Waals surface area contributed by atoms with Gasteiger partial charge in [0.05, 0.1) is 5.52 Å². The fraction of sp³-hybridized carbons (Fsp3) is 0.238. The Morgan fingerprint density at radius 2 is 2.00 bits per heavy atom. The number of nitrogens with zero attached hydrogens (tertiary/aromatic N) is 1. The Balaban J connectivity index is 1.84. The number of anilines is 1. The molecule has 0 saturated heterocycles. The number of carbonyl (C=O) groups excluding carboxylic acids is 1. The zero-order valence-electron chi connectivity index (χ0n) is 14.9. The third kappa shape index (κ3) is 2.67. The number of pyridine rings is 1. The van der Waals surface area contributed by atoms with Gasteiger partial charge in [-0.25, -0.2) is 0 Å². The minimum Gasteiger partial charge on any atom is -0.343 e. The van der Waals surface area contributed by atoms with Crippen molar-refractivity contribution in [2.75, 3.05) is 5.32 Å². The van der Waals surface area contributed by atoms with E-state index in [4.69, 9.17) is 0 Å². The second-order valence-corrected chi connectivity index (χ2v) is 7.98. The van der Waals surface area contributed by atoms with Gasteiger partial charge in [0.25, 0.3) is 5.91 Å². The molecular weight excluding hydrogens is 392 g/mol. The molecule has 0 fully saturated rings. The molecule has 0 spiro atoms. The molecule has 2 aromatic carbocycles. The van der Waals surface area contributed by atoms with E-state index in [1.807, 2.05) is 38.1 Å². The van der Waals surface area contributed by atoms with Gasteiger partial charge in [-0.05, 0) is 56.5 Å². The number of hydrogen-bond donors (Lipinski definition) is 1. The maximum absolute atomic E-state index is 13.0. The number of aromatic nitrogens is 1. The summed E-state index contributed by atoms with van der Waals surface area (Å²) < 4.78 is 2.92. The predicted octanol–water partition coefficient (Wildman–Crippen LogP) is 4.75. The molecule has 0 bridgehead atoms. The van der Waals surface area contributed by atoms with Gasteiger partial charge in [0.2, 0.25) is 5.43 Å². The van der Waals surface area contributed by atoms with Crippen molar-refractivity contribution in [2.45, 2.75) is 33.2 Å². The number of halogens is 1. The van der Waals surface area contributed by atoms with Crippen LogP contribution >= 0.6 is 15.9 Å². The highest BCUT2D eigenvalue weighted by Gasteiger charge is 2.25. The molecule has 1 N–H and O–H groups in total. The van der Waals surface area contributed by atoms with E-state index in [-0.39, 0.29) is 22.9 Å². The van der Waals surface area contributed by atoms with Crippen LogP contribution in [0, 0.1) is 13.8 Å². The average molecular weight is 411 g/mol. The maximum Gasteiger partial charge on any atom is 0.261 e. The monoisotopic (exact) mass is 410 g/mol. The molecule has 0 unspecified atom stereocenters.